The molecule has 22 heavy (non-hydrogen) atoms. The molecule has 0 aliphatic rings. The van der Waals surface area contributed by atoms with Crippen LogP contribution in [0.3, 0.4) is 0 Å². The normalized spacial score (nSPS) is 12.0. The van der Waals surface area contributed by atoms with E-state index in [9.17, 15) is 22.0 Å². The monoisotopic (exact) mass is 337 g/mol. The minimum Gasteiger partial charge on any atom is -0.495 e. The van der Waals surface area contributed by atoms with Crippen LogP contribution in [0.1, 0.15) is 10.4 Å². The number of hydrogen-bond acceptors (Lipinski definition) is 5. The van der Waals surface area contributed by atoms with Gasteiger partial charge in [-0.2, -0.15) is 0 Å². The molecule has 0 spiro atoms. The van der Waals surface area contributed by atoms with E-state index in [1.54, 1.807) is 0 Å². The number of halogens is 2. The zero-order valence-electron chi connectivity index (χ0n) is 12.0. The molecule has 0 aliphatic carbocycles. The number of nitrogens with one attached hydrogen (secondary N) is 2. The third-order valence-electron chi connectivity index (χ3n) is 2.79. The average molecular weight is 337 g/mol. The highest BCUT2D eigenvalue weighted by Gasteiger charge is 2.28. The van der Waals surface area contributed by atoms with Crippen molar-refractivity contribution in [3.05, 3.63) is 23.8 Å². The van der Waals surface area contributed by atoms with Crippen LogP contribution >= 0.6 is 0 Å². The van der Waals surface area contributed by atoms with E-state index in [0.717, 1.165) is 6.07 Å². The quantitative estimate of drug-likeness (QED) is 0.645. The molecule has 10 heteroatoms. The first-order chi connectivity index (χ1) is 10.2. The van der Waals surface area contributed by atoms with Crippen LogP contribution in [0.2, 0.25) is 0 Å². The van der Waals surface area contributed by atoms with Crippen LogP contribution in [-0.2, 0) is 10.0 Å². The number of amides is 1. The van der Waals surface area contributed by atoms with Gasteiger partial charge in [0.25, 0.3) is 11.8 Å². The van der Waals surface area contributed by atoms with Crippen LogP contribution in [0.4, 0.5) is 8.78 Å². The van der Waals surface area contributed by atoms with Gasteiger partial charge in [0.2, 0.25) is 10.0 Å². The van der Waals surface area contributed by atoms with Gasteiger partial charge in [-0.1, -0.05) is 0 Å². The second-order valence-corrected chi connectivity index (χ2v) is 6.17. The summed E-state index contributed by atoms with van der Waals surface area (Å²) in [5.41, 5.74) is 4.77. The summed E-state index contributed by atoms with van der Waals surface area (Å²) in [7, 11) is -1.40. The first-order valence-electron chi connectivity index (χ1n) is 6.14. The van der Waals surface area contributed by atoms with E-state index < -0.39 is 34.9 Å². The lowest BCUT2D eigenvalue weighted by Gasteiger charge is -2.15. The summed E-state index contributed by atoms with van der Waals surface area (Å²) in [5.74, 6) is -4.05. The molecule has 0 atom stereocenters. The van der Waals surface area contributed by atoms with Crippen LogP contribution in [0.25, 0.3) is 0 Å². The van der Waals surface area contributed by atoms with Crippen LogP contribution < -0.4 is 20.5 Å². The molecule has 7 nitrogen and oxygen atoms in total. The van der Waals surface area contributed by atoms with Crippen molar-refractivity contribution >= 4 is 15.9 Å². The van der Waals surface area contributed by atoms with Crippen molar-refractivity contribution in [1.29, 1.82) is 0 Å². The van der Waals surface area contributed by atoms with Gasteiger partial charge < -0.3 is 15.8 Å². The molecule has 1 aromatic carbocycles. The number of rotatable bonds is 7. The number of alkyl halides is 2. The molecule has 4 N–H and O–H groups in total. The Morgan fingerprint density at radius 2 is 2.05 bits per heavy atom. The number of ether oxygens (including phenoxy) is 1. The number of sulfonamides is 1. The molecule has 1 aromatic rings. The SMILES string of the molecule is CNS(=O)(=O)c1cc(C(=O)NCC(F)(F)CN)ccc1OC. The van der Waals surface area contributed by atoms with Crippen molar-refractivity contribution < 1.29 is 26.7 Å². The first kappa shape index (κ1) is 18.3. The van der Waals surface area contributed by atoms with E-state index in [1.165, 1.54) is 26.3 Å². The topological polar surface area (TPSA) is 111 Å². The molecular formula is C12H17F2N3O4S. The summed E-state index contributed by atoms with van der Waals surface area (Å²) >= 11 is 0. The van der Waals surface area contributed by atoms with Crippen molar-refractivity contribution in [3.63, 3.8) is 0 Å². The Morgan fingerprint density at radius 1 is 1.41 bits per heavy atom. The third kappa shape index (κ3) is 4.36. The van der Waals surface area contributed by atoms with Crippen LogP contribution in [0.15, 0.2) is 23.1 Å². The zero-order chi connectivity index (χ0) is 17.0. The Bertz CT molecular complexity index is 650. The molecule has 1 amide bonds. The number of benzene rings is 1. The van der Waals surface area contributed by atoms with E-state index in [1.807, 2.05) is 5.32 Å². The van der Waals surface area contributed by atoms with E-state index in [-0.39, 0.29) is 16.2 Å². The number of carbonyl (C=O) groups excluding carboxylic acids is 1. The largest absolute Gasteiger partial charge is 0.495 e. The molecule has 0 aromatic heterocycles. The third-order valence-corrected chi connectivity index (χ3v) is 4.23. The fourth-order valence-electron chi connectivity index (χ4n) is 1.52. The highest BCUT2D eigenvalue weighted by molar-refractivity contribution is 7.89. The minimum atomic E-state index is -3.87. The summed E-state index contributed by atoms with van der Waals surface area (Å²) in [6.45, 7) is -1.85. The van der Waals surface area contributed by atoms with Gasteiger partial charge in [0, 0.05) is 5.56 Å². The van der Waals surface area contributed by atoms with Gasteiger partial charge in [-0.15, -0.1) is 0 Å². The average Bonchev–Trinajstić information content (AvgIpc) is 2.52. The van der Waals surface area contributed by atoms with Gasteiger partial charge in [0.15, 0.2) is 0 Å². The van der Waals surface area contributed by atoms with Crippen molar-refractivity contribution in [1.82, 2.24) is 10.0 Å². The summed E-state index contributed by atoms with van der Waals surface area (Å²) < 4.78 is 56.7. The lowest BCUT2D eigenvalue weighted by Crippen LogP contribution is -2.41. The van der Waals surface area contributed by atoms with Crippen LogP contribution in [0.5, 0.6) is 5.75 Å². The first-order valence-corrected chi connectivity index (χ1v) is 7.63. The van der Waals surface area contributed by atoms with Gasteiger partial charge in [0.1, 0.15) is 10.6 Å². The molecule has 0 saturated carbocycles. The van der Waals surface area contributed by atoms with E-state index >= 15 is 0 Å². The van der Waals surface area contributed by atoms with Gasteiger partial charge >= 0.3 is 0 Å². The van der Waals surface area contributed by atoms with Crippen LogP contribution in [0, 0.1) is 0 Å². The molecule has 124 valence electrons. The Morgan fingerprint density at radius 3 is 2.55 bits per heavy atom. The molecule has 0 saturated heterocycles. The number of hydrogen-bond donors (Lipinski definition) is 3. The number of nitrogens with two attached hydrogens (primary N) is 1. The summed E-state index contributed by atoms with van der Waals surface area (Å²) in [5, 5.41) is 2.00. The summed E-state index contributed by atoms with van der Waals surface area (Å²) in [6, 6.07) is 3.57. The van der Waals surface area contributed by atoms with E-state index in [4.69, 9.17) is 10.5 Å². The maximum absolute atomic E-state index is 13.0. The van der Waals surface area contributed by atoms with Gasteiger partial charge in [-0.05, 0) is 25.2 Å². The van der Waals surface area contributed by atoms with Crippen LogP contribution in [-0.4, -0.2) is 47.5 Å². The summed E-state index contributed by atoms with van der Waals surface area (Å²) in [4.78, 5) is 11.6. The maximum atomic E-state index is 13.0. The van der Waals surface area contributed by atoms with Crippen molar-refractivity contribution in [3.8, 4) is 5.75 Å². The molecule has 0 heterocycles. The number of carbonyl (C=O) groups is 1. The van der Waals surface area contributed by atoms with Crippen molar-refractivity contribution in [2.45, 2.75) is 10.8 Å². The Labute approximate surface area is 126 Å². The molecule has 0 unspecified atom stereocenters. The fourth-order valence-corrected chi connectivity index (χ4v) is 2.44. The highest BCUT2D eigenvalue weighted by Crippen LogP contribution is 2.24. The predicted octanol–water partition coefficient (Wildman–Crippen LogP) is -0.0729. The lowest BCUT2D eigenvalue weighted by atomic mass is 10.2. The van der Waals surface area contributed by atoms with Gasteiger partial charge in [-0.25, -0.2) is 21.9 Å². The predicted molar refractivity (Wildman–Crippen MR) is 75.6 cm³/mol. The Kier molecular flexibility index (Phi) is 5.80. The van der Waals surface area contributed by atoms with Gasteiger partial charge in [0.05, 0.1) is 20.2 Å². The van der Waals surface area contributed by atoms with Gasteiger partial charge in [-0.3, -0.25) is 4.79 Å². The van der Waals surface area contributed by atoms with E-state index in [2.05, 4.69) is 4.72 Å². The summed E-state index contributed by atoms with van der Waals surface area (Å²) in [6.07, 6.45) is 0. The standard InChI is InChI=1S/C12H17F2N3O4S/c1-16-22(19,20)10-5-8(3-4-9(10)21-2)11(18)17-7-12(13,14)6-15/h3-5,16H,6-7,15H2,1-2H3,(H,17,18). The Balaban J connectivity index is 3.07. The highest BCUT2D eigenvalue weighted by atomic mass is 32.2. The smallest absolute Gasteiger partial charge is 0.277 e. The molecular weight excluding hydrogens is 320 g/mol. The fraction of sp³-hybridized carbons (Fsp3) is 0.417. The molecule has 0 aliphatic heterocycles. The number of methoxy groups -OCH3 is 1. The van der Waals surface area contributed by atoms with E-state index in [0.29, 0.717) is 0 Å². The second-order valence-electron chi connectivity index (χ2n) is 4.32. The second kappa shape index (κ2) is 6.99. The molecule has 0 bridgehead atoms. The lowest BCUT2D eigenvalue weighted by molar-refractivity contribution is 0.0118. The minimum absolute atomic E-state index is 0.0261. The molecule has 1 rings (SSSR count). The Hall–Kier alpha value is -1.78. The zero-order valence-corrected chi connectivity index (χ0v) is 12.8. The van der Waals surface area contributed by atoms with Crippen molar-refractivity contribution in [2.75, 3.05) is 27.2 Å². The molecule has 0 fully saturated rings. The molecule has 0 radical (unpaired) electrons. The maximum Gasteiger partial charge on any atom is 0.277 e. The van der Waals surface area contributed by atoms with Crippen molar-refractivity contribution in [2.24, 2.45) is 5.73 Å².